The topological polar surface area (TPSA) is 69.7 Å². The number of carbonyl (C=O) groups excluding carboxylic acids is 3. The summed E-state index contributed by atoms with van der Waals surface area (Å²) in [4.78, 5) is 40.2. The number of anilines is 2. The van der Waals surface area contributed by atoms with Crippen LogP contribution >= 0.6 is 11.8 Å². The van der Waals surface area contributed by atoms with Gasteiger partial charge >= 0.3 is 6.03 Å². The lowest BCUT2D eigenvalue weighted by Crippen LogP contribution is -2.39. The minimum absolute atomic E-state index is 0.366. The van der Waals surface area contributed by atoms with Crippen LogP contribution in [0.1, 0.15) is 12.5 Å². The zero-order chi connectivity index (χ0) is 21.1. The van der Waals surface area contributed by atoms with Crippen LogP contribution in [0.5, 0.6) is 0 Å². The van der Waals surface area contributed by atoms with Gasteiger partial charge in [-0.3, -0.25) is 19.4 Å². The molecule has 9 heteroatoms. The zero-order valence-corrected chi connectivity index (χ0v) is 16.6. The third kappa shape index (κ3) is 4.73. The Balaban J connectivity index is 1.66. The minimum Gasteiger partial charge on any atom is -0.325 e. The smallest absolute Gasteiger partial charge is 0.325 e. The van der Waals surface area contributed by atoms with E-state index in [9.17, 15) is 23.2 Å². The summed E-state index contributed by atoms with van der Waals surface area (Å²) in [6.07, 6.45) is 0. The molecule has 29 heavy (non-hydrogen) atoms. The molecule has 152 valence electrons. The molecule has 2 aromatic carbocycles. The summed E-state index contributed by atoms with van der Waals surface area (Å²) in [7, 11) is 0. The maximum atomic E-state index is 12.7. The molecule has 4 amide bonds. The second kappa shape index (κ2) is 8.60. The summed E-state index contributed by atoms with van der Waals surface area (Å²) < 4.78 is 24.7. The fraction of sp³-hybridized carbons (Fsp3) is 0.250. The van der Waals surface area contributed by atoms with Gasteiger partial charge in [0.15, 0.2) is 0 Å². The van der Waals surface area contributed by atoms with Gasteiger partial charge in [0.2, 0.25) is 5.91 Å². The van der Waals surface area contributed by atoms with Crippen LogP contribution in [0, 0.1) is 6.92 Å². The Morgan fingerprint density at radius 2 is 1.72 bits per heavy atom. The van der Waals surface area contributed by atoms with E-state index in [0.717, 1.165) is 10.5 Å². The van der Waals surface area contributed by atoms with Gasteiger partial charge in [-0.2, -0.15) is 8.78 Å². The van der Waals surface area contributed by atoms with Crippen molar-refractivity contribution in [3.8, 4) is 0 Å². The molecule has 0 radical (unpaired) electrons. The standard InChI is InChI=1S/C20H19F2N3O3S/c1-12-3-7-15(8-4-12)25-13(2)18(27)24(20(25)28)11-17(26)23-14-5-9-16(10-6-14)29-19(21)22/h3-10,13,19H,11H2,1-2H3,(H,23,26). The van der Waals surface area contributed by atoms with Gasteiger partial charge in [0.25, 0.3) is 11.7 Å². The SMILES string of the molecule is Cc1ccc(N2C(=O)N(CC(=O)Nc3ccc(SC(F)F)cc3)C(=O)C2C)cc1. The van der Waals surface area contributed by atoms with Crippen LogP contribution in [-0.4, -0.2) is 41.1 Å². The molecule has 2 aromatic rings. The number of amides is 4. The third-order valence-electron chi connectivity index (χ3n) is 4.42. The van der Waals surface area contributed by atoms with Crippen LogP contribution in [0.3, 0.4) is 0 Å². The van der Waals surface area contributed by atoms with Crippen molar-refractivity contribution < 1.29 is 23.2 Å². The van der Waals surface area contributed by atoms with Crippen LogP contribution < -0.4 is 10.2 Å². The molecule has 1 aliphatic rings. The average Bonchev–Trinajstić information content (AvgIpc) is 2.87. The highest BCUT2D eigenvalue weighted by Crippen LogP contribution is 2.27. The van der Waals surface area contributed by atoms with Crippen LogP contribution in [0.4, 0.5) is 25.0 Å². The van der Waals surface area contributed by atoms with Crippen molar-refractivity contribution in [3.05, 3.63) is 54.1 Å². The van der Waals surface area contributed by atoms with E-state index in [1.165, 1.54) is 29.2 Å². The van der Waals surface area contributed by atoms with Gasteiger partial charge in [-0.05, 0) is 50.2 Å². The van der Waals surface area contributed by atoms with E-state index >= 15 is 0 Å². The number of imide groups is 1. The molecule has 6 nitrogen and oxygen atoms in total. The number of nitrogens with one attached hydrogen (secondary N) is 1. The summed E-state index contributed by atoms with van der Waals surface area (Å²) in [6, 6.07) is 11.8. The van der Waals surface area contributed by atoms with Crippen LogP contribution in [0.2, 0.25) is 0 Å². The highest BCUT2D eigenvalue weighted by Gasteiger charge is 2.44. The number of carbonyl (C=O) groups is 3. The van der Waals surface area contributed by atoms with Crippen molar-refractivity contribution >= 4 is 41.0 Å². The van der Waals surface area contributed by atoms with Gasteiger partial charge in [0, 0.05) is 16.3 Å². The Bertz CT molecular complexity index is 920. The lowest BCUT2D eigenvalue weighted by Gasteiger charge is -2.19. The molecule has 3 rings (SSSR count). The van der Waals surface area contributed by atoms with Gasteiger partial charge in [-0.1, -0.05) is 29.5 Å². The van der Waals surface area contributed by atoms with Crippen molar-refractivity contribution in [3.63, 3.8) is 0 Å². The molecule has 0 aromatic heterocycles. The molecular formula is C20H19F2N3O3S. The summed E-state index contributed by atoms with van der Waals surface area (Å²) in [6.45, 7) is 3.09. The number of alkyl halides is 2. The lowest BCUT2D eigenvalue weighted by molar-refractivity contribution is -0.130. The van der Waals surface area contributed by atoms with Crippen molar-refractivity contribution in [1.82, 2.24) is 4.90 Å². The predicted octanol–water partition coefficient (Wildman–Crippen LogP) is 4.11. The van der Waals surface area contributed by atoms with Gasteiger partial charge < -0.3 is 5.32 Å². The predicted molar refractivity (Wildman–Crippen MR) is 107 cm³/mol. The van der Waals surface area contributed by atoms with Crippen LogP contribution in [0.25, 0.3) is 0 Å². The number of urea groups is 1. The zero-order valence-electron chi connectivity index (χ0n) is 15.8. The van der Waals surface area contributed by atoms with E-state index in [-0.39, 0.29) is 0 Å². The van der Waals surface area contributed by atoms with Crippen molar-refractivity contribution in [2.24, 2.45) is 0 Å². The highest BCUT2D eigenvalue weighted by atomic mass is 32.2. The number of hydrogen-bond acceptors (Lipinski definition) is 4. The molecule has 1 N–H and O–H groups in total. The Morgan fingerprint density at radius 3 is 2.31 bits per heavy atom. The van der Waals surface area contributed by atoms with Gasteiger partial charge in [0.05, 0.1) is 0 Å². The summed E-state index contributed by atoms with van der Waals surface area (Å²) in [5.74, 6) is -3.55. The molecule has 1 fully saturated rings. The van der Waals surface area contributed by atoms with E-state index in [2.05, 4.69) is 5.32 Å². The number of benzene rings is 2. The molecule has 0 bridgehead atoms. The Labute approximate surface area is 170 Å². The quantitative estimate of drug-likeness (QED) is 0.565. The fourth-order valence-electron chi connectivity index (χ4n) is 2.97. The van der Waals surface area contributed by atoms with E-state index in [1.807, 2.05) is 19.1 Å². The van der Waals surface area contributed by atoms with Gasteiger partial charge in [-0.15, -0.1) is 0 Å². The van der Waals surface area contributed by atoms with E-state index in [1.54, 1.807) is 19.1 Å². The first-order valence-corrected chi connectivity index (χ1v) is 9.70. The molecule has 0 saturated carbocycles. The molecule has 1 saturated heterocycles. The largest absolute Gasteiger partial charge is 0.332 e. The second-order valence-corrected chi connectivity index (χ2v) is 7.60. The first-order chi connectivity index (χ1) is 13.8. The van der Waals surface area contributed by atoms with Gasteiger partial charge in [-0.25, -0.2) is 4.79 Å². The number of nitrogens with zero attached hydrogens (tertiary/aromatic N) is 2. The molecule has 0 spiro atoms. The van der Waals surface area contributed by atoms with Crippen molar-refractivity contribution in [1.29, 1.82) is 0 Å². The molecule has 1 heterocycles. The Kier molecular flexibility index (Phi) is 6.17. The minimum atomic E-state index is -2.53. The molecule has 1 unspecified atom stereocenters. The average molecular weight is 419 g/mol. The normalized spacial score (nSPS) is 16.7. The summed E-state index contributed by atoms with van der Waals surface area (Å²) >= 11 is 0.403. The highest BCUT2D eigenvalue weighted by molar-refractivity contribution is 7.99. The molecule has 0 aliphatic carbocycles. The van der Waals surface area contributed by atoms with E-state index in [0.29, 0.717) is 28.0 Å². The van der Waals surface area contributed by atoms with Crippen molar-refractivity contribution in [2.45, 2.75) is 30.5 Å². The molecule has 1 atom stereocenters. The fourth-order valence-corrected chi connectivity index (χ4v) is 3.47. The third-order valence-corrected chi connectivity index (χ3v) is 5.15. The second-order valence-electron chi connectivity index (χ2n) is 6.54. The molecular weight excluding hydrogens is 400 g/mol. The Morgan fingerprint density at radius 1 is 1.10 bits per heavy atom. The number of hydrogen-bond donors (Lipinski definition) is 1. The van der Waals surface area contributed by atoms with E-state index in [4.69, 9.17) is 0 Å². The maximum Gasteiger partial charge on any atom is 0.332 e. The number of halogens is 2. The Hall–Kier alpha value is -2.94. The number of thioether (sulfide) groups is 1. The van der Waals surface area contributed by atoms with E-state index < -0.39 is 36.2 Å². The first-order valence-electron chi connectivity index (χ1n) is 8.82. The maximum absolute atomic E-state index is 12.7. The summed E-state index contributed by atoms with van der Waals surface area (Å²) in [5.41, 5.74) is 1.99. The number of aryl methyl sites for hydroxylation is 1. The van der Waals surface area contributed by atoms with Gasteiger partial charge in [0.1, 0.15) is 12.6 Å². The first kappa shape index (κ1) is 20.8. The molecule has 1 aliphatic heterocycles. The lowest BCUT2D eigenvalue weighted by atomic mass is 10.2. The summed E-state index contributed by atoms with van der Waals surface area (Å²) in [5, 5.41) is 2.57. The van der Waals surface area contributed by atoms with Crippen LogP contribution in [-0.2, 0) is 9.59 Å². The van der Waals surface area contributed by atoms with Crippen molar-refractivity contribution in [2.75, 3.05) is 16.8 Å². The monoisotopic (exact) mass is 419 g/mol. The number of rotatable bonds is 6. The van der Waals surface area contributed by atoms with Crippen LogP contribution in [0.15, 0.2) is 53.4 Å².